The van der Waals surface area contributed by atoms with E-state index in [0.717, 1.165) is 89.1 Å². The molecule has 0 atom stereocenters. The van der Waals surface area contributed by atoms with Gasteiger partial charge in [-0.15, -0.1) is 0 Å². The van der Waals surface area contributed by atoms with Crippen LogP contribution in [0, 0.1) is 29.1 Å². The third-order valence-corrected chi connectivity index (χ3v) is 12.2. The Morgan fingerprint density at radius 3 is 1.39 bits per heavy atom. The average molecular weight is 757 g/mol. The normalized spacial score (nSPS) is 16.4. The molecule has 0 saturated heterocycles. The molecule has 7 heteroatoms. The topological polar surface area (TPSA) is 0 Å². The van der Waals surface area contributed by atoms with Crippen LogP contribution in [0.1, 0.15) is 133 Å². The molecule has 2 aliphatic carbocycles. The maximum absolute atomic E-state index is 16.9. The van der Waals surface area contributed by atoms with E-state index in [4.69, 9.17) is 0 Å². The highest BCUT2D eigenvalue weighted by atomic mass is 19.2. The van der Waals surface area contributed by atoms with Crippen LogP contribution in [0.2, 0.25) is 0 Å². The Morgan fingerprint density at radius 1 is 0.536 bits per heavy atom. The molecule has 3 aliphatic rings. The minimum Gasteiger partial charge on any atom is -0.203 e. The average Bonchev–Trinajstić information content (AvgIpc) is 3.54. The van der Waals surface area contributed by atoms with Crippen LogP contribution in [0.5, 0.6) is 0 Å². The molecule has 0 amide bonds. The zero-order valence-electron chi connectivity index (χ0n) is 33.5. The van der Waals surface area contributed by atoms with Crippen molar-refractivity contribution >= 4 is 35.4 Å². The Labute approximate surface area is 330 Å². The predicted octanol–water partition coefficient (Wildman–Crippen LogP) is 12.1. The van der Waals surface area contributed by atoms with Gasteiger partial charge in [0.05, 0.1) is 5.56 Å². The molecule has 4 aromatic rings. The Balaban J connectivity index is 1.78. The van der Waals surface area contributed by atoms with E-state index in [-0.39, 0.29) is 23.3 Å². The minimum atomic E-state index is -2.14. The summed E-state index contributed by atoms with van der Waals surface area (Å²) in [7, 11) is 0. The molecule has 0 saturated carbocycles. The molecule has 4 aromatic carbocycles. The van der Waals surface area contributed by atoms with E-state index in [1.54, 1.807) is 0 Å². The van der Waals surface area contributed by atoms with Crippen LogP contribution in [0.25, 0.3) is 5.57 Å². The lowest BCUT2D eigenvalue weighted by molar-refractivity contribution is 0.376. The minimum absolute atomic E-state index is 0.0881. The van der Waals surface area contributed by atoms with Crippen molar-refractivity contribution in [2.24, 2.45) is 0 Å². The van der Waals surface area contributed by atoms with E-state index >= 15 is 17.6 Å². The molecule has 56 heavy (non-hydrogen) atoms. The number of rotatable bonds is 10. The van der Waals surface area contributed by atoms with E-state index in [9.17, 15) is 4.39 Å². The van der Waals surface area contributed by atoms with E-state index in [0.29, 0.717) is 17.4 Å². The SMILES string of the molecule is CC(C)c1cc(C(C)C)c(B2C(C3=CCCCC3)=C(B(c3ccccc3)c3ccccc3)C(c3c(F)c(F)c(F)c(F)c3F)=C2C2=CCCCC2)c(C(C)C)c1. The maximum Gasteiger partial charge on any atom is 0.242 e. The lowest BCUT2D eigenvalue weighted by Crippen LogP contribution is -2.46. The molecule has 288 valence electrons. The van der Waals surface area contributed by atoms with Gasteiger partial charge in [-0.1, -0.05) is 170 Å². The molecule has 0 fully saturated rings. The van der Waals surface area contributed by atoms with Gasteiger partial charge in [-0.25, -0.2) is 22.0 Å². The van der Waals surface area contributed by atoms with Crippen molar-refractivity contribution in [2.75, 3.05) is 0 Å². The van der Waals surface area contributed by atoms with Crippen LogP contribution in [-0.2, 0) is 0 Å². The van der Waals surface area contributed by atoms with Crippen LogP contribution in [0.3, 0.4) is 0 Å². The Kier molecular flexibility index (Phi) is 11.8. The van der Waals surface area contributed by atoms with E-state index in [1.807, 2.05) is 60.7 Å². The summed E-state index contributed by atoms with van der Waals surface area (Å²) in [6, 6.07) is 24.3. The van der Waals surface area contributed by atoms with Gasteiger partial charge in [0.2, 0.25) is 19.2 Å². The van der Waals surface area contributed by atoms with Gasteiger partial charge in [-0.2, -0.15) is 0 Å². The van der Waals surface area contributed by atoms with Gasteiger partial charge >= 0.3 is 0 Å². The fraction of sp³-hybridized carbons (Fsp3) is 0.347. The summed E-state index contributed by atoms with van der Waals surface area (Å²) in [5.74, 6) is -9.13. The fourth-order valence-electron chi connectivity index (χ4n) is 9.44. The van der Waals surface area contributed by atoms with E-state index < -0.39 is 48.1 Å². The van der Waals surface area contributed by atoms with Crippen molar-refractivity contribution < 1.29 is 22.0 Å². The molecule has 0 N–H and O–H groups in total. The third kappa shape index (κ3) is 7.20. The second-order valence-electron chi connectivity index (χ2n) is 16.8. The van der Waals surface area contributed by atoms with E-state index in [2.05, 4.69) is 65.8 Å². The van der Waals surface area contributed by atoms with Gasteiger partial charge in [-0.05, 0) is 91.4 Å². The summed E-state index contributed by atoms with van der Waals surface area (Å²) in [5.41, 5.74) is 9.98. The Bertz CT molecular complexity index is 2150. The molecular formula is C49H51B2F5. The first-order valence-corrected chi connectivity index (χ1v) is 20.6. The first-order chi connectivity index (χ1) is 26.9. The summed E-state index contributed by atoms with van der Waals surface area (Å²) in [5, 5.41) is 0. The molecule has 0 nitrogen and oxygen atoms in total. The molecule has 0 unspecified atom stereocenters. The highest BCUT2D eigenvalue weighted by molar-refractivity contribution is 6.99. The molecular weight excluding hydrogens is 705 g/mol. The Morgan fingerprint density at radius 2 is 0.982 bits per heavy atom. The highest BCUT2D eigenvalue weighted by Crippen LogP contribution is 2.50. The number of benzene rings is 4. The van der Waals surface area contributed by atoms with Gasteiger partial charge in [0.1, 0.15) is 0 Å². The lowest BCUT2D eigenvalue weighted by Gasteiger charge is -2.31. The monoisotopic (exact) mass is 756 g/mol. The first-order valence-electron chi connectivity index (χ1n) is 20.6. The summed E-state index contributed by atoms with van der Waals surface area (Å²) < 4.78 is 80.2. The second kappa shape index (κ2) is 16.6. The summed E-state index contributed by atoms with van der Waals surface area (Å²) in [6.07, 6.45) is 11.2. The summed E-state index contributed by atoms with van der Waals surface area (Å²) >= 11 is 0. The standard InChI is InChI=1S/C49H51B2F5/c1-29(2)34-27-37(30(3)4)43(38(28-34)31(5)6)51-41(32-19-11-7-12-20-32)39(40-45(52)47(54)49(56)48(55)46(40)53)44(42(51)33-21-13-8-14-22-33)50(35-23-15-9-16-24-35)36-25-17-10-18-26-36/h9-10,15-19,21,23-31H,7-8,11-14,20,22H2,1-6H3. The first kappa shape index (κ1) is 39.8. The summed E-state index contributed by atoms with van der Waals surface area (Å²) in [6.45, 7) is 12.1. The molecule has 0 aromatic heterocycles. The summed E-state index contributed by atoms with van der Waals surface area (Å²) in [4.78, 5) is 0. The molecule has 0 spiro atoms. The van der Waals surface area contributed by atoms with Crippen LogP contribution < -0.4 is 16.4 Å². The van der Waals surface area contributed by atoms with Crippen molar-refractivity contribution in [1.82, 2.24) is 0 Å². The van der Waals surface area contributed by atoms with Gasteiger partial charge in [0, 0.05) is 0 Å². The van der Waals surface area contributed by atoms with E-state index in [1.165, 1.54) is 5.56 Å². The van der Waals surface area contributed by atoms with Crippen molar-refractivity contribution in [3.63, 3.8) is 0 Å². The fourth-order valence-corrected chi connectivity index (χ4v) is 9.44. The van der Waals surface area contributed by atoms with Crippen molar-refractivity contribution in [3.8, 4) is 0 Å². The lowest BCUT2D eigenvalue weighted by atomic mass is 9.29. The van der Waals surface area contributed by atoms with Crippen molar-refractivity contribution in [3.05, 3.63) is 164 Å². The van der Waals surface area contributed by atoms with Gasteiger partial charge in [0.25, 0.3) is 0 Å². The molecule has 0 radical (unpaired) electrons. The van der Waals surface area contributed by atoms with Crippen LogP contribution in [0.15, 0.2) is 113 Å². The quantitative estimate of drug-likeness (QED) is 0.0654. The molecule has 1 aliphatic heterocycles. The van der Waals surface area contributed by atoms with Crippen LogP contribution in [0.4, 0.5) is 22.0 Å². The van der Waals surface area contributed by atoms with Crippen molar-refractivity contribution in [1.29, 1.82) is 0 Å². The van der Waals surface area contributed by atoms with Crippen molar-refractivity contribution in [2.45, 2.75) is 111 Å². The Hall–Kier alpha value is -4.38. The zero-order chi connectivity index (χ0) is 39.8. The molecule has 1 heterocycles. The predicted molar refractivity (Wildman–Crippen MR) is 225 cm³/mol. The molecule has 0 bridgehead atoms. The number of hydrogen-bond acceptors (Lipinski definition) is 0. The van der Waals surface area contributed by atoms with Crippen LogP contribution >= 0.6 is 0 Å². The largest absolute Gasteiger partial charge is 0.242 e. The van der Waals surface area contributed by atoms with Gasteiger partial charge < -0.3 is 0 Å². The number of halogens is 5. The van der Waals surface area contributed by atoms with Gasteiger partial charge in [-0.3, -0.25) is 0 Å². The second-order valence-corrected chi connectivity index (χ2v) is 16.8. The number of hydrogen-bond donors (Lipinski definition) is 0. The maximum atomic E-state index is 16.9. The van der Waals surface area contributed by atoms with Crippen LogP contribution in [-0.4, -0.2) is 13.4 Å². The smallest absolute Gasteiger partial charge is 0.203 e. The number of allylic oxidation sites excluding steroid dienone is 8. The van der Waals surface area contributed by atoms with Gasteiger partial charge in [0.15, 0.2) is 23.3 Å². The highest BCUT2D eigenvalue weighted by Gasteiger charge is 2.48. The zero-order valence-corrected chi connectivity index (χ0v) is 33.5. The third-order valence-electron chi connectivity index (χ3n) is 12.2. The molecule has 7 rings (SSSR count).